The minimum absolute atomic E-state index is 0.790. The van der Waals surface area contributed by atoms with E-state index >= 15 is 0 Å². The van der Waals surface area contributed by atoms with Gasteiger partial charge in [-0.2, -0.15) is 0 Å². The predicted molar refractivity (Wildman–Crippen MR) is 84.8 cm³/mol. The zero-order valence-corrected chi connectivity index (χ0v) is 13.5. The number of hydrogen-bond donors (Lipinski definition) is 0. The minimum Gasteiger partial charge on any atom is -0.201 e. The zero-order chi connectivity index (χ0) is 15.8. The molecule has 0 saturated carbocycles. The molecule has 0 amide bonds. The molecular formula is C17H24NSi+. The van der Waals surface area contributed by atoms with E-state index in [0.29, 0.717) is 0 Å². The molecule has 1 nitrogen and oxygen atoms in total. The summed E-state index contributed by atoms with van der Waals surface area (Å²) >= 11 is 0. The molecule has 2 rings (SSSR count). The van der Waals surface area contributed by atoms with Crippen molar-refractivity contribution in [3.8, 4) is 11.3 Å². The lowest BCUT2D eigenvalue weighted by Crippen LogP contribution is -2.32. The van der Waals surface area contributed by atoms with Crippen LogP contribution in [0.15, 0.2) is 42.6 Å². The summed E-state index contributed by atoms with van der Waals surface area (Å²) in [4.78, 5) is 0. The minimum atomic E-state index is -1.96. The van der Waals surface area contributed by atoms with Gasteiger partial charge in [0.05, 0.1) is 0 Å². The quantitative estimate of drug-likeness (QED) is 0.589. The molecule has 1 heterocycles. The summed E-state index contributed by atoms with van der Waals surface area (Å²) in [6.07, 6.45) is 1.97. The van der Waals surface area contributed by atoms with Crippen molar-refractivity contribution in [1.82, 2.24) is 0 Å². The van der Waals surface area contributed by atoms with E-state index in [-0.39, 0.29) is 0 Å². The van der Waals surface area contributed by atoms with Crippen molar-refractivity contribution in [2.75, 3.05) is 0 Å². The number of rotatable bonds is 3. The van der Waals surface area contributed by atoms with Gasteiger partial charge in [0.15, 0.2) is 6.20 Å². The Morgan fingerprint density at radius 3 is 2.47 bits per heavy atom. The van der Waals surface area contributed by atoms with Crippen LogP contribution in [0.5, 0.6) is 0 Å². The Labute approximate surface area is 120 Å². The molecule has 2 heteroatoms. The van der Waals surface area contributed by atoms with Crippen LogP contribution in [-0.4, -0.2) is 8.07 Å². The lowest BCUT2D eigenvalue weighted by atomic mass is 10.0. The van der Waals surface area contributed by atoms with E-state index in [2.05, 4.69) is 43.3 Å². The molecule has 1 aromatic carbocycles. The van der Waals surface area contributed by atoms with Gasteiger partial charge in [-0.1, -0.05) is 37.8 Å². The fraction of sp³-hybridized carbons (Fsp3) is 0.353. The highest BCUT2D eigenvalue weighted by Gasteiger charge is 2.18. The number of aryl methyl sites for hydroxylation is 2. The Hall–Kier alpha value is -1.41. The second-order valence-corrected chi connectivity index (χ2v) is 10.9. The van der Waals surface area contributed by atoms with Gasteiger partial charge in [0.25, 0.3) is 0 Å². The van der Waals surface area contributed by atoms with Crippen LogP contribution < -0.4 is 4.57 Å². The molecule has 19 heavy (non-hydrogen) atoms. The van der Waals surface area contributed by atoms with Crippen LogP contribution in [0, 0.1) is 6.92 Å². The molecule has 0 N–H and O–H groups in total. The number of hydrogen-bond acceptors (Lipinski definition) is 0. The molecule has 0 aliphatic carbocycles. The highest BCUT2D eigenvalue weighted by molar-refractivity contribution is 6.75. The number of nitrogens with zero attached hydrogens (tertiary/aromatic N) is 1. The van der Waals surface area contributed by atoms with E-state index in [1.807, 2.05) is 37.5 Å². The normalized spacial score (nSPS) is 13.9. The Kier molecular flexibility index (Phi) is 3.18. The summed E-state index contributed by atoms with van der Waals surface area (Å²) < 4.78 is 19.1. The Bertz CT molecular complexity index is 660. The van der Waals surface area contributed by atoms with Crippen LogP contribution in [0.1, 0.15) is 13.9 Å². The van der Waals surface area contributed by atoms with Crippen molar-refractivity contribution < 1.29 is 7.31 Å². The molecule has 0 aliphatic rings. The number of aromatic nitrogens is 1. The molecular weight excluding hydrogens is 246 g/mol. The molecule has 0 aliphatic heterocycles. The average Bonchev–Trinajstić information content (AvgIpc) is 2.38. The van der Waals surface area contributed by atoms with Crippen molar-refractivity contribution >= 4 is 8.07 Å². The van der Waals surface area contributed by atoms with Crippen molar-refractivity contribution in [3.05, 3.63) is 53.7 Å². The smallest absolute Gasteiger partial charge is 0.201 e. The maximum Gasteiger partial charge on any atom is 0.212 e. The molecule has 0 radical (unpaired) electrons. The second-order valence-electron chi connectivity index (χ2n) is 6.10. The molecule has 2 aromatic rings. The van der Waals surface area contributed by atoms with E-state index in [1.165, 1.54) is 5.56 Å². The standard InChI is InChI=1S/C17H24NSi/c1-14-8-6-7-9-16(14)17-12-15(10-11-18(17)2)13-19(3,4)5/h6-12H,13H2,1-5H3/q+1/i13D2. The highest BCUT2D eigenvalue weighted by atomic mass is 28.3. The summed E-state index contributed by atoms with van der Waals surface area (Å²) in [6, 6.07) is 12.2. The van der Waals surface area contributed by atoms with Crippen LogP contribution in [-0.2, 0) is 13.0 Å². The van der Waals surface area contributed by atoms with Gasteiger partial charge in [0, 0.05) is 28.5 Å². The Morgan fingerprint density at radius 1 is 1.16 bits per heavy atom. The lowest BCUT2D eigenvalue weighted by Gasteiger charge is -2.15. The summed E-state index contributed by atoms with van der Waals surface area (Å²) in [5, 5.41) is 0. The predicted octanol–water partition coefficient (Wildman–Crippen LogP) is 3.91. The number of pyridine rings is 1. The fourth-order valence-electron chi connectivity index (χ4n) is 2.21. The van der Waals surface area contributed by atoms with Gasteiger partial charge < -0.3 is 0 Å². The Morgan fingerprint density at radius 2 is 1.84 bits per heavy atom. The maximum atomic E-state index is 8.52. The largest absolute Gasteiger partial charge is 0.212 e. The van der Waals surface area contributed by atoms with E-state index in [1.54, 1.807) is 0 Å². The molecule has 100 valence electrons. The van der Waals surface area contributed by atoms with Gasteiger partial charge in [0.1, 0.15) is 7.05 Å². The zero-order valence-electron chi connectivity index (χ0n) is 14.5. The van der Waals surface area contributed by atoms with Crippen molar-refractivity contribution in [2.24, 2.45) is 7.05 Å². The summed E-state index contributed by atoms with van der Waals surface area (Å²) in [5.41, 5.74) is 4.22. The molecule has 0 unspecified atom stereocenters. The molecule has 0 fully saturated rings. The first-order valence-electron chi connectivity index (χ1n) is 7.71. The van der Waals surface area contributed by atoms with E-state index in [4.69, 9.17) is 2.74 Å². The SMILES string of the molecule is [2H]C([2H])(c1cc[n+](C)c(-c2ccccc2C)c1)[Si](C)(C)C. The van der Waals surface area contributed by atoms with E-state index < -0.39 is 14.1 Å². The summed E-state index contributed by atoms with van der Waals surface area (Å²) in [5.74, 6) is -1.24. The number of benzene rings is 1. The third-order valence-electron chi connectivity index (χ3n) is 3.09. The molecule has 0 atom stereocenters. The van der Waals surface area contributed by atoms with Gasteiger partial charge in [-0.15, -0.1) is 0 Å². The fourth-order valence-corrected chi connectivity index (χ4v) is 3.23. The van der Waals surface area contributed by atoms with Crippen LogP contribution in [0.2, 0.25) is 19.6 Å². The first kappa shape index (κ1) is 11.4. The molecule has 1 aromatic heterocycles. The molecule has 0 saturated heterocycles. The first-order valence-corrected chi connectivity index (χ1v) is 10.2. The summed E-state index contributed by atoms with van der Waals surface area (Å²) in [6.45, 7) is 8.32. The lowest BCUT2D eigenvalue weighted by molar-refractivity contribution is -0.660. The monoisotopic (exact) mass is 272 g/mol. The first-order chi connectivity index (χ1) is 9.64. The average molecular weight is 272 g/mol. The van der Waals surface area contributed by atoms with Gasteiger partial charge in [-0.25, -0.2) is 4.57 Å². The van der Waals surface area contributed by atoms with Gasteiger partial charge in [0.2, 0.25) is 5.69 Å². The van der Waals surface area contributed by atoms with Crippen molar-refractivity contribution in [2.45, 2.75) is 32.6 Å². The molecule has 0 spiro atoms. The van der Waals surface area contributed by atoms with Crippen LogP contribution in [0.25, 0.3) is 11.3 Å². The third-order valence-corrected chi connectivity index (χ3v) is 4.13. The van der Waals surface area contributed by atoms with E-state index in [0.717, 1.165) is 16.8 Å². The maximum absolute atomic E-state index is 8.52. The van der Waals surface area contributed by atoms with Gasteiger partial charge in [-0.05, 0) is 30.1 Å². The summed E-state index contributed by atoms with van der Waals surface area (Å²) in [7, 11) is 0.0531. The third kappa shape index (κ3) is 3.54. The van der Waals surface area contributed by atoms with Gasteiger partial charge in [-0.3, -0.25) is 0 Å². The molecule has 0 bridgehead atoms. The van der Waals surface area contributed by atoms with E-state index in [9.17, 15) is 0 Å². The highest BCUT2D eigenvalue weighted by Crippen LogP contribution is 2.21. The second kappa shape index (κ2) is 5.30. The van der Waals surface area contributed by atoms with Crippen LogP contribution in [0.4, 0.5) is 0 Å². The topological polar surface area (TPSA) is 3.88 Å². The van der Waals surface area contributed by atoms with Gasteiger partial charge >= 0.3 is 0 Å². The van der Waals surface area contributed by atoms with Crippen LogP contribution in [0.3, 0.4) is 0 Å². The van der Waals surface area contributed by atoms with Crippen molar-refractivity contribution in [1.29, 1.82) is 0 Å². The van der Waals surface area contributed by atoms with Crippen molar-refractivity contribution in [3.63, 3.8) is 0 Å². The van der Waals surface area contributed by atoms with Crippen LogP contribution >= 0.6 is 0 Å². The Balaban J connectivity index is 2.61.